The molecule has 1 aromatic heterocycles. The van der Waals surface area contributed by atoms with E-state index in [1.807, 2.05) is 19.1 Å². The molecule has 1 atom stereocenters. The van der Waals surface area contributed by atoms with Gasteiger partial charge in [0.05, 0.1) is 0 Å². The molecule has 1 heterocycles. The Balaban J connectivity index is 1.75. The molecule has 0 radical (unpaired) electrons. The number of hydrogen-bond donors (Lipinski definition) is 0. The lowest BCUT2D eigenvalue weighted by molar-refractivity contribution is 0.0792. The van der Waals surface area contributed by atoms with Crippen molar-refractivity contribution in [1.29, 1.82) is 0 Å². The van der Waals surface area contributed by atoms with Crippen molar-refractivity contribution >= 4 is 28.4 Å². The first kappa shape index (κ1) is 19.0. The molecule has 4 aromatic rings. The molecule has 0 saturated heterocycles. The second kappa shape index (κ2) is 7.94. The highest BCUT2D eigenvalue weighted by Gasteiger charge is 2.24. The van der Waals surface area contributed by atoms with Crippen molar-refractivity contribution in [2.45, 2.75) is 13.0 Å². The van der Waals surface area contributed by atoms with Gasteiger partial charge in [0, 0.05) is 33.7 Å². The summed E-state index contributed by atoms with van der Waals surface area (Å²) in [4.78, 5) is 24.9. The number of halogens is 1. The minimum atomic E-state index is -0.872. The first-order chi connectivity index (χ1) is 14.0. The SMILES string of the molecule is Cc1cc(=O)oc2cc(O[C@H](C(=O)c3ccccc3)c3ccc(Cl)cc3)ccc12. The van der Waals surface area contributed by atoms with E-state index in [4.69, 9.17) is 20.8 Å². The van der Waals surface area contributed by atoms with Gasteiger partial charge in [0.2, 0.25) is 5.78 Å². The molecule has 0 N–H and O–H groups in total. The monoisotopic (exact) mass is 404 g/mol. The van der Waals surface area contributed by atoms with Gasteiger partial charge in [0.25, 0.3) is 0 Å². The highest BCUT2D eigenvalue weighted by Crippen LogP contribution is 2.29. The minimum Gasteiger partial charge on any atom is -0.477 e. The predicted octanol–water partition coefficient (Wildman–Crippen LogP) is 5.76. The fourth-order valence-corrected chi connectivity index (χ4v) is 3.30. The molecule has 0 aliphatic rings. The third-order valence-corrected chi connectivity index (χ3v) is 4.90. The van der Waals surface area contributed by atoms with Crippen LogP contribution in [0, 0.1) is 6.92 Å². The van der Waals surface area contributed by atoms with Crippen molar-refractivity contribution in [2.75, 3.05) is 0 Å². The quantitative estimate of drug-likeness (QED) is 0.313. The summed E-state index contributed by atoms with van der Waals surface area (Å²) in [5, 5.41) is 1.39. The molecule has 4 nitrogen and oxygen atoms in total. The van der Waals surface area contributed by atoms with E-state index in [0.29, 0.717) is 27.5 Å². The molecule has 3 aromatic carbocycles. The molecular formula is C24H17ClO4. The van der Waals surface area contributed by atoms with Gasteiger partial charge in [0.1, 0.15) is 11.3 Å². The number of hydrogen-bond acceptors (Lipinski definition) is 4. The summed E-state index contributed by atoms with van der Waals surface area (Å²) >= 11 is 6.00. The van der Waals surface area contributed by atoms with Crippen molar-refractivity contribution in [3.05, 3.63) is 111 Å². The molecule has 29 heavy (non-hydrogen) atoms. The summed E-state index contributed by atoms with van der Waals surface area (Å²) in [6.07, 6.45) is -0.872. The molecule has 0 amide bonds. The van der Waals surface area contributed by atoms with Crippen molar-refractivity contribution in [2.24, 2.45) is 0 Å². The first-order valence-electron chi connectivity index (χ1n) is 9.07. The number of ketones is 1. The van der Waals surface area contributed by atoms with E-state index < -0.39 is 11.7 Å². The van der Waals surface area contributed by atoms with Gasteiger partial charge in [0.15, 0.2) is 6.10 Å². The summed E-state index contributed by atoms with van der Waals surface area (Å²) in [5.74, 6) is 0.245. The number of ether oxygens (including phenoxy) is 1. The molecule has 0 aliphatic heterocycles. The Morgan fingerprint density at radius 2 is 1.69 bits per heavy atom. The van der Waals surface area contributed by atoms with Gasteiger partial charge in [-0.3, -0.25) is 4.79 Å². The summed E-state index contributed by atoms with van der Waals surface area (Å²) in [6, 6.07) is 22.6. The van der Waals surface area contributed by atoms with E-state index in [9.17, 15) is 9.59 Å². The van der Waals surface area contributed by atoms with Crippen LogP contribution in [0.2, 0.25) is 5.02 Å². The summed E-state index contributed by atoms with van der Waals surface area (Å²) in [7, 11) is 0. The van der Waals surface area contributed by atoms with E-state index in [0.717, 1.165) is 10.9 Å². The highest BCUT2D eigenvalue weighted by atomic mass is 35.5. The number of carbonyl (C=O) groups is 1. The molecule has 5 heteroatoms. The summed E-state index contributed by atoms with van der Waals surface area (Å²) < 4.78 is 11.4. The number of aryl methyl sites for hydroxylation is 1. The van der Waals surface area contributed by atoms with Crippen LogP contribution < -0.4 is 10.4 Å². The van der Waals surface area contributed by atoms with Crippen LogP contribution in [0.25, 0.3) is 11.0 Å². The Kier molecular flexibility index (Phi) is 5.19. The molecule has 0 spiro atoms. The van der Waals surface area contributed by atoms with Gasteiger partial charge in [-0.05, 0) is 36.8 Å². The van der Waals surface area contributed by atoms with Crippen LogP contribution in [0.4, 0.5) is 0 Å². The number of carbonyl (C=O) groups excluding carboxylic acids is 1. The molecule has 0 bridgehead atoms. The lowest BCUT2D eigenvalue weighted by Crippen LogP contribution is -2.19. The van der Waals surface area contributed by atoms with E-state index in [-0.39, 0.29) is 5.78 Å². The van der Waals surface area contributed by atoms with Gasteiger partial charge in [-0.15, -0.1) is 0 Å². The maximum Gasteiger partial charge on any atom is 0.336 e. The van der Waals surface area contributed by atoms with E-state index in [1.54, 1.807) is 60.7 Å². The Labute approximate surface area is 172 Å². The Bertz CT molecular complexity index is 1230. The molecule has 0 unspecified atom stereocenters. The largest absolute Gasteiger partial charge is 0.477 e. The number of benzene rings is 3. The van der Waals surface area contributed by atoms with Crippen LogP contribution in [0.5, 0.6) is 5.75 Å². The molecule has 4 rings (SSSR count). The average Bonchev–Trinajstić information content (AvgIpc) is 2.72. The summed E-state index contributed by atoms with van der Waals surface area (Å²) in [6.45, 7) is 1.84. The smallest absolute Gasteiger partial charge is 0.336 e. The number of rotatable bonds is 5. The van der Waals surface area contributed by atoms with Crippen molar-refractivity contribution in [3.8, 4) is 5.75 Å². The zero-order valence-corrected chi connectivity index (χ0v) is 16.3. The highest BCUT2D eigenvalue weighted by molar-refractivity contribution is 6.30. The number of fused-ring (bicyclic) bond motifs is 1. The van der Waals surface area contributed by atoms with Crippen LogP contribution >= 0.6 is 11.6 Å². The fourth-order valence-electron chi connectivity index (χ4n) is 3.18. The second-order valence-corrected chi connectivity index (χ2v) is 7.12. The van der Waals surface area contributed by atoms with Crippen LogP contribution in [0.1, 0.15) is 27.6 Å². The molecular weight excluding hydrogens is 388 g/mol. The van der Waals surface area contributed by atoms with Gasteiger partial charge in [-0.2, -0.15) is 0 Å². The Morgan fingerprint density at radius 1 is 0.966 bits per heavy atom. The van der Waals surface area contributed by atoms with Crippen LogP contribution in [-0.4, -0.2) is 5.78 Å². The maximum atomic E-state index is 13.2. The molecule has 144 valence electrons. The zero-order chi connectivity index (χ0) is 20.4. The second-order valence-electron chi connectivity index (χ2n) is 6.69. The predicted molar refractivity (Wildman–Crippen MR) is 113 cm³/mol. The summed E-state index contributed by atoms with van der Waals surface area (Å²) in [5.41, 5.74) is 2.01. The third kappa shape index (κ3) is 4.08. The number of Topliss-reactive ketones (excluding diaryl/α,β-unsaturated/α-hetero) is 1. The minimum absolute atomic E-state index is 0.182. The van der Waals surface area contributed by atoms with Crippen LogP contribution in [-0.2, 0) is 0 Å². The van der Waals surface area contributed by atoms with Crippen LogP contribution in [0.15, 0.2) is 88.1 Å². The average molecular weight is 405 g/mol. The molecule has 0 saturated carbocycles. The molecule has 0 aliphatic carbocycles. The lowest BCUT2D eigenvalue weighted by Gasteiger charge is -2.19. The zero-order valence-electron chi connectivity index (χ0n) is 15.6. The van der Waals surface area contributed by atoms with Crippen LogP contribution in [0.3, 0.4) is 0 Å². The van der Waals surface area contributed by atoms with E-state index >= 15 is 0 Å². The third-order valence-electron chi connectivity index (χ3n) is 4.65. The van der Waals surface area contributed by atoms with Gasteiger partial charge < -0.3 is 9.15 Å². The molecule has 0 fully saturated rings. The maximum absolute atomic E-state index is 13.2. The van der Waals surface area contributed by atoms with Gasteiger partial charge in [-0.25, -0.2) is 4.79 Å². The lowest BCUT2D eigenvalue weighted by atomic mass is 9.99. The van der Waals surface area contributed by atoms with Crippen molar-refractivity contribution < 1.29 is 13.9 Å². The first-order valence-corrected chi connectivity index (χ1v) is 9.45. The Morgan fingerprint density at radius 3 is 2.41 bits per heavy atom. The fraction of sp³-hybridized carbons (Fsp3) is 0.0833. The van der Waals surface area contributed by atoms with Gasteiger partial charge in [-0.1, -0.05) is 54.1 Å². The van der Waals surface area contributed by atoms with Crippen molar-refractivity contribution in [1.82, 2.24) is 0 Å². The van der Waals surface area contributed by atoms with Gasteiger partial charge >= 0.3 is 5.63 Å². The Hall–Kier alpha value is -3.37. The van der Waals surface area contributed by atoms with E-state index in [1.165, 1.54) is 6.07 Å². The van der Waals surface area contributed by atoms with Crippen molar-refractivity contribution in [3.63, 3.8) is 0 Å². The normalized spacial score (nSPS) is 11.9. The van der Waals surface area contributed by atoms with E-state index in [2.05, 4.69) is 0 Å². The standard InChI is InChI=1S/C24H17ClO4/c1-15-13-22(26)29-21-14-19(11-12-20(15)21)28-24(17-7-9-18(25)10-8-17)23(27)16-5-3-2-4-6-16/h2-14,24H,1H3/t24-/m0/s1. The topological polar surface area (TPSA) is 56.5 Å².